The predicted octanol–water partition coefficient (Wildman–Crippen LogP) is 2.12. The van der Waals surface area contributed by atoms with E-state index in [-0.39, 0.29) is 18.0 Å². The molecule has 3 heterocycles. The largest absolute Gasteiger partial charge is 0.339 e. The topological polar surface area (TPSA) is 56.0 Å². The molecule has 0 bridgehead atoms. The Morgan fingerprint density at radius 1 is 1.41 bits per heavy atom. The predicted molar refractivity (Wildman–Crippen MR) is 83.5 cm³/mol. The molecular formula is C16H23N5O. The molecule has 0 radical (unpaired) electrons. The van der Waals surface area contributed by atoms with Gasteiger partial charge in [0.2, 0.25) is 5.91 Å². The molecule has 0 unspecified atom stereocenters. The summed E-state index contributed by atoms with van der Waals surface area (Å²) in [5.74, 6) is 0.157. The molecule has 2 aromatic heterocycles. The third-order valence-electron chi connectivity index (χ3n) is 4.43. The molecule has 22 heavy (non-hydrogen) atoms. The number of amides is 1. The van der Waals surface area contributed by atoms with E-state index >= 15 is 0 Å². The highest BCUT2D eigenvalue weighted by Crippen LogP contribution is 2.24. The summed E-state index contributed by atoms with van der Waals surface area (Å²) in [7, 11) is 0. The zero-order valence-corrected chi connectivity index (χ0v) is 13.4. The summed E-state index contributed by atoms with van der Waals surface area (Å²) in [5, 5.41) is 4.59. The lowest BCUT2D eigenvalue weighted by molar-refractivity contribution is -0.136. The Morgan fingerprint density at radius 2 is 2.23 bits per heavy atom. The number of likely N-dealkylation sites (tertiary alicyclic amines) is 1. The Morgan fingerprint density at radius 3 is 2.86 bits per heavy atom. The van der Waals surface area contributed by atoms with Crippen molar-refractivity contribution < 1.29 is 4.79 Å². The molecule has 2 aromatic rings. The average Bonchev–Trinajstić information content (AvgIpc) is 3.15. The number of aryl methyl sites for hydroxylation is 2. The van der Waals surface area contributed by atoms with Gasteiger partial charge in [0.15, 0.2) is 0 Å². The molecule has 0 spiro atoms. The fourth-order valence-electron chi connectivity index (χ4n) is 3.26. The Labute approximate surface area is 130 Å². The Bertz CT molecular complexity index is 646. The SMILES string of the molecule is Cc1cc(C)n([C@@H]2CCCN(C(=O)[C@H](C)n3ccnc3)C2)n1. The number of hydrogen-bond acceptors (Lipinski definition) is 3. The van der Waals surface area contributed by atoms with Crippen molar-refractivity contribution in [2.75, 3.05) is 13.1 Å². The normalized spacial score (nSPS) is 20.1. The lowest BCUT2D eigenvalue weighted by atomic mass is 10.0. The van der Waals surface area contributed by atoms with Crippen LogP contribution in [0.2, 0.25) is 0 Å². The van der Waals surface area contributed by atoms with Crippen LogP contribution in [-0.4, -0.2) is 43.2 Å². The van der Waals surface area contributed by atoms with Crippen LogP contribution in [0.5, 0.6) is 0 Å². The van der Waals surface area contributed by atoms with Gasteiger partial charge in [-0.1, -0.05) is 0 Å². The monoisotopic (exact) mass is 301 g/mol. The highest BCUT2D eigenvalue weighted by Gasteiger charge is 2.29. The van der Waals surface area contributed by atoms with E-state index in [1.54, 1.807) is 12.5 Å². The quantitative estimate of drug-likeness (QED) is 0.872. The van der Waals surface area contributed by atoms with Gasteiger partial charge in [0.25, 0.3) is 0 Å². The van der Waals surface area contributed by atoms with Gasteiger partial charge < -0.3 is 9.47 Å². The summed E-state index contributed by atoms with van der Waals surface area (Å²) in [5.41, 5.74) is 2.20. The van der Waals surface area contributed by atoms with E-state index in [1.807, 2.05) is 29.5 Å². The van der Waals surface area contributed by atoms with Crippen LogP contribution in [-0.2, 0) is 4.79 Å². The molecule has 1 aliphatic rings. The maximum Gasteiger partial charge on any atom is 0.245 e. The standard InChI is InChI=1S/C16H23N5O/c1-12-9-13(2)21(18-12)15-5-4-7-19(10-15)16(22)14(3)20-8-6-17-11-20/h6,8-9,11,14-15H,4-5,7,10H2,1-3H3/t14-,15+/m0/s1. The smallest absolute Gasteiger partial charge is 0.245 e. The second-order valence-electron chi connectivity index (χ2n) is 6.14. The first-order valence-corrected chi connectivity index (χ1v) is 7.85. The van der Waals surface area contributed by atoms with Crippen molar-refractivity contribution >= 4 is 5.91 Å². The number of carbonyl (C=O) groups is 1. The van der Waals surface area contributed by atoms with Gasteiger partial charge in [-0.3, -0.25) is 9.48 Å². The van der Waals surface area contributed by atoms with Crippen LogP contribution < -0.4 is 0 Å². The van der Waals surface area contributed by atoms with Gasteiger partial charge in [0.05, 0.1) is 18.1 Å². The molecule has 1 saturated heterocycles. The van der Waals surface area contributed by atoms with Gasteiger partial charge >= 0.3 is 0 Å². The summed E-state index contributed by atoms with van der Waals surface area (Å²) < 4.78 is 3.94. The third kappa shape index (κ3) is 2.77. The van der Waals surface area contributed by atoms with E-state index in [4.69, 9.17) is 0 Å². The Balaban J connectivity index is 1.73. The number of nitrogens with zero attached hydrogens (tertiary/aromatic N) is 5. The van der Waals surface area contributed by atoms with Crippen LogP contribution in [0.25, 0.3) is 0 Å². The van der Waals surface area contributed by atoms with Crippen molar-refractivity contribution in [2.45, 2.75) is 45.7 Å². The molecular weight excluding hydrogens is 278 g/mol. The number of imidazole rings is 1. The fraction of sp³-hybridized carbons (Fsp3) is 0.562. The third-order valence-corrected chi connectivity index (χ3v) is 4.43. The highest BCUT2D eigenvalue weighted by molar-refractivity contribution is 5.80. The maximum atomic E-state index is 12.7. The molecule has 1 amide bonds. The number of piperidine rings is 1. The minimum atomic E-state index is -0.207. The summed E-state index contributed by atoms with van der Waals surface area (Å²) in [4.78, 5) is 18.7. The minimum absolute atomic E-state index is 0.157. The molecule has 2 atom stereocenters. The van der Waals surface area contributed by atoms with E-state index in [9.17, 15) is 4.79 Å². The molecule has 0 saturated carbocycles. The van der Waals surface area contributed by atoms with Crippen LogP contribution in [0.1, 0.15) is 43.2 Å². The molecule has 0 aliphatic carbocycles. The minimum Gasteiger partial charge on any atom is -0.339 e. The van der Waals surface area contributed by atoms with Gasteiger partial charge in [-0.25, -0.2) is 4.98 Å². The van der Waals surface area contributed by atoms with Gasteiger partial charge in [-0.15, -0.1) is 0 Å². The second-order valence-corrected chi connectivity index (χ2v) is 6.14. The number of rotatable bonds is 3. The van der Waals surface area contributed by atoms with Crippen molar-refractivity contribution in [2.24, 2.45) is 0 Å². The molecule has 0 N–H and O–H groups in total. The number of carbonyl (C=O) groups excluding carboxylic acids is 1. The fourth-order valence-corrected chi connectivity index (χ4v) is 3.26. The van der Waals surface area contributed by atoms with Crippen LogP contribution in [0.15, 0.2) is 24.8 Å². The summed E-state index contributed by atoms with van der Waals surface area (Å²) in [6, 6.07) is 2.16. The van der Waals surface area contributed by atoms with E-state index in [1.165, 1.54) is 5.69 Å². The van der Waals surface area contributed by atoms with E-state index in [0.717, 1.165) is 31.6 Å². The molecule has 6 nitrogen and oxygen atoms in total. The number of aromatic nitrogens is 4. The van der Waals surface area contributed by atoms with Crippen molar-refractivity contribution in [1.82, 2.24) is 24.2 Å². The molecule has 118 valence electrons. The van der Waals surface area contributed by atoms with E-state index < -0.39 is 0 Å². The van der Waals surface area contributed by atoms with Gasteiger partial charge in [-0.2, -0.15) is 5.10 Å². The van der Waals surface area contributed by atoms with E-state index in [2.05, 4.69) is 27.8 Å². The van der Waals surface area contributed by atoms with Gasteiger partial charge in [-0.05, 0) is 39.7 Å². The van der Waals surface area contributed by atoms with Gasteiger partial charge in [0, 0.05) is 31.2 Å². The van der Waals surface area contributed by atoms with E-state index in [0.29, 0.717) is 0 Å². The Kier molecular flexibility index (Phi) is 4.00. The molecule has 6 heteroatoms. The van der Waals surface area contributed by atoms with Crippen molar-refractivity contribution in [3.05, 3.63) is 36.2 Å². The summed E-state index contributed by atoms with van der Waals surface area (Å²) in [6.07, 6.45) is 7.34. The van der Waals surface area contributed by atoms with Crippen molar-refractivity contribution in [3.8, 4) is 0 Å². The maximum absolute atomic E-state index is 12.7. The lowest BCUT2D eigenvalue weighted by Crippen LogP contribution is -2.43. The van der Waals surface area contributed by atoms with Crippen LogP contribution in [0, 0.1) is 13.8 Å². The van der Waals surface area contributed by atoms with Crippen LogP contribution in [0.3, 0.4) is 0 Å². The summed E-state index contributed by atoms with van der Waals surface area (Å²) >= 11 is 0. The van der Waals surface area contributed by atoms with Crippen LogP contribution in [0.4, 0.5) is 0 Å². The molecule has 0 aromatic carbocycles. The Hall–Kier alpha value is -2.11. The van der Waals surface area contributed by atoms with Crippen LogP contribution >= 0.6 is 0 Å². The highest BCUT2D eigenvalue weighted by atomic mass is 16.2. The zero-order chi connectivity index (χ0) is 15.7. The average molecular weight is 301 g/mol. The van der Waals surface area contributed by atoms with Gasteiger partial charge in [0.1, 0.15) is 6.04 Å². The lowest BCUT2D eigenvalue weighted by Gasteiger charge is -2.35. The molecule has 1 aliphatic heterocycles. The first-order valence-electron chi connectivity index (χ1n) is 7.85. The second kappa shape index (κ2) is 5.94. The first kappa shape index (κ1) is 14.8. The number of hydrogen-bond donors (Lipinski definition) is 0. The first-order chi connectivity index (χ1) is 10.6. The van der Waals surface area contributed by atoms with Crippen molar-refractivity contribution in [1.29, 1.82) is 0 Å². The van der Waals surface area contributed by atoms with Crippen molar-refractivity contribution in [3.63, 3.8) is 0 Å². The zero-order valence-electron chi connectivity index (χ0n) is 13.4. The summed E-state index contributed by atoms with van der Waals surface area (Å²) in [6.45, 7) is 7.58. The molecule has 3 rings (SSSR count). The molecule has 1 fully saturated rings.